The smallest absolute Gasteiger partial charge is 0.320 e. The van der Waals surface area contributed by atoms with E-state index in [9.17, 15) is 9.59 Å². The summed E-state index contributed by atoms with van der Waals surface area (Å²) in [6.07, 6.45) is 6.80. The Bertz CT molecular complexity index is 269. The van der Waals surface area contributed by atoms with Crippen molar-refractivity contribution in [3.63, 3.8) is 0 Å². The van der Waals surface area contributed by atoms with Gasteiger partial charge in [-0.05, 0) is 26.2 Å². The summed E-state index contributed by atoms with van der Waals surface area (Å²) >= 11 is 5.59. The van der Waals surface area contributed by atoms with E-state index in [1.807, 2.05) is 0 Å². The first kappa shape index (κ1) is 19.2. The quantitative estimate of drug-likeness (QED) is 0.239. The number of esters is 2. The van der Waals surface area contributed by atoms with Gasteiger partial charge in [0.15, 0.2) is 5.92 Å². The van der Waals surface area contributed by atoms with Crippen LogP contribution >= 0.6 is 11.6 Å². The Morgan fingerprint density at radius 1 is 0.900 bits per heavy atom. The lowest BCUT2D eigenvalue weighted by atomic mass is 10.1. The van der Waals surface area contributed by atoms with E-state index in [4.69, 9.17) is 21.1 Å². The van der Waals surface area contributed by atoms with Crippen LogP contribution in [-0.4, -0.2) is 31.0 Å². The standard InChI is InChI=1S/C15H27ClO4/c1-3-13(14(17)19-4-2)15(18)20-12-10-8-6-5-7-9-11-16/h13H,3-12H2,1-2H3. The summed E-state index contributed by atoms with van der Waals surface area (Å²) in [5.41, 5.74) is 0. The molecule has 0 saturated heterocycles. The van der Waals surface area contributed by atoms with E-state index >= 15 is 0 Å². The molecule has 0 bridgehead atoms. The van der Waals surface area contributed by atoms with E-state index in [2.05, 4.69) is 0 Å². The molecule has 5 heteroatoms. The lowest BCUT2D eigenvalue weighted by Gasteiger charge is -2.12. The number of unbranched alkanes of at least 4 members (excludes halogenated alkanes) is 5. The third kappa shape index (κ3) is 9.18. The summed E-state index contributed by atoms with van der Waals surface area (Å²) in [6.45, 7) is 4.16. The lowest BCUT2D eigenvalue weighted by Crippen LogP contribution is -2.27. The van der Waals surface area contributed by atoms with Crippen LogP contribution in [0.2, 0.25) is 0 Å². The summed E-state index contributed by atoms with van der Waals surface area (Å²) in [6, 6.07) is 0. The van der Waals surface area contributed by atoms with Crippen LogP contribution in [0, 0.1) is 5.92 Å². The summed E-state index contributed by atoms with van der Waals surface area (Å²) in [5.74, 6) is -1.00. The fourth-order valence-electron chi connectivity index (χ4n) is 1.85. The number of carbonyl (C=O) groups is 2. The van der Waals surface area contributed by atoms with Crippen LogP contribution in [-0.2, 0) is 19.1 Å². The number of hydrogen-bond acceptors (Lipinski definition) is 4. The van der Waals surface area contributed by atoms with Gasteiger partial charge in [0.1, 0.15) is 0 Å². The van der Waals surface area contributed by atoms with Crippen molar-refractivity contribution in [2.24, 2.45) is 5.92 Å². The van der Waals surface area contributed by atoms with Crippen LogP contribution < -0.4 is 0 Å². The molecule has 1 atom stereocenters. The Hall–Kier alpha value is -0.770. The highest BCUT2D eigenvalue weighted by molar-refractivity contribution is 6.17. The molecule has 0 fully saturated rings. The maximum atomic E-state index is 11.7. The minimum absolute atomic E-state index is 0.283. The minimum atomic E-state index is -0.779. The molecule has 20 heavy (non-hydrogen) atoms. The monoisotopic (exact) mass is 306 g/mol. The van der Waals surface area contributed by atoms with Gasteiger partial charge in [-0.3, -0.25) is 9.59 Å². The molecule has 0 aromatic heterocycles. The van der Waals surface area contributed by atoms with E-state index in [1.165, 1.54) is 6.42 Å². The first-order valence-corrected chi connectivity index (χ1v) is 8.10. The van der Waals surface area contributed by atoms with E-state index in [0.717, 1.165) is 38.0 Å². The Balaban J connectivity index is 3.67. The molecule has 0 aliphatic carbocycles. The van der Waals surface area contributed by atoms with Crippen LogP contribution in [0.1, 0.15) is 58.8 Å². The fraction of sp³-hybridized carbons (Fsp3) is 0.867. The molecular weight excluding hydrogens is 280 g/mol. The van der Waals surface area contributed by atoms with Crippen LogP contribution in [0.5, 0.6) is 0 Å². The average molecular weight is 307 g/mol. The van der Waals surface area contributed by atoms with Crippen LogP contribution in [0.3, 0.4) is 0 Å². The molecule has 0 heterocycles. The first-order chi connectivity index (χ1) is 9.67. The van der Waals surface area contributed by atoms with Gasteiger partial charge in [0.2, 0.25) is 0 Å². The van der Waals surface area contributed by atoms with Crippen molar-refractivity contribution in [1.82, 2.24) is 0 Å². The van der Waals surface area contributed by atoms with Gasteiger partial charge in [-0.2, -0.15) is 0 Å². The predicted octanol–water partition coefficient (Wildman–Crippen LogP) is 3.70. The summed E-state index contributed by atoms with van der Waals surface area (Å²) < 4.78 is 9.98. The van der Waals surface area contributed by atoms with Gasteiger partial charge in [-0.25, -0.2) is 0 Å². The van der Waals surface area contributed by atoms with Crippen molar-refractivity contribution in [2.75, 3.05) is 19.1 Å². The molecule has 118 valence electrons. The topological polar surface area (TPSA) is 52.6 Å². The van der Waals surface area contributed by atoms with Crippen molar-refractivity contribution < 1.29 is 19.1 Å². The second-order valence-corrected chi connectivity index (χ2v) is 5.07. The zero-order chi connectivity index (χ0) is 15.2. The molecule has 4 nitrogen and oxygen atoms in total. The van der Waals surface area contributed by atoms with Gasteiger partial charge in [-0.15, -0.1) is 11.6 Å². The normalized spacial score (nSPS) is 11.9. The van der Waals surface area contributed by atoms with Crippen molar-refractivity contribution in [3.05, 3.63) is 0 Å². The number of alkyl halides is 1. The second-order valence-electron chi connectivity index (χ2n) is 4.69. The van der Waals surface area contributed by atoms with Crippen molar-refractivity contribution in [2.45, 2.75) is 58.8 Å². The molecular formula is C15H27ClO4. The summed E-state index contributed by atoms with van der Waals surface area (Å²) in [5, 5.41) is 0. The number of hydrogen-bond donors (Lipinski definition) is 0. The molecule has 0 spiro atoms. The number of carbonyl (C=O) groups excluding carboxylic acids is 2. The van der Waals surface area contributed by atoms with Crippen LogP contribution in [0.25, 0.3) is 0 Å². The zero-order valence-corrected chi connectivity index (χ0v) is 13.4. The molecule has 1 unspecified atom stereocenters. The van der Waals surface area contributed by atoms with Crippen LogP contribution in [0.15, 0.2) is 0 Å². The van der Waals surface area contributed by atoms with Crippen molar-refractivity contribution in [1.29, 1.82) is 0 Å². The van der Waals surface area contributed by atoms with Gasteiger partial charge in [0.25, 0.3) is 0 Å². The Kier molecular flexibility index (Phi) is 12.7. The fourth-order valence-corrected chi connectivity index (χ4v) is 2.04. The molecule has 0 radical (unpaired) electrons. The van der Waals surface area contributed by atoms with Gasteiger partial charge >= 0.3 is 11.9 Å². The van der Waals surface area contributed by atoms with E-state index in [0.29, 0.717) is 13.0 Å². The maximum Gasteiger partial charge on any atom is 0.320 e. The molecule has 0 saturated carbocycles. The average Bonchev–Trinajstić information content (AvgIpc) is 2.43. The number of rotatable bonds is 12. The third-order valence-electron chi connectivity index (χ3n) is 3.04. The molecule has 0 aliphatic rings. The first-order valence-electron chi connectivity index (χ1n) is 7.56. The highest BCUT2D eigenvalue weighted by Crippen LogP contribution is 2.10. The largest absolute Gasteiger partial charge is 0.465 e. The molecule has 0 aromatic carbocycles. The van der Waals surface area contributed by atoms with Gasteiger partial charge < -0.3 is 9.47 Å². The third-order valence-corrected chi connectivity index (χ3v) is 3.30. The number of halogens is 1. The Morgan fingerprint density at radius 3 is 2.00 bits per heavy atom. The lowest BCUT2D eigenvalue weighted by molar-refractivity contribution is -0.162. The van der Waals surface area contributed by atoms with Crippen LogP contribution in [0.4, 0.5) is 0 Å². The molecule has 0 rings (SSSR count). The highest BCUT2D eigenvalue weighted by Gasteiger charge is 2.27. The molecule has 0 N–H and O–H groups in total. The van der Waals surface area contributed by atoms with E-state index in [-0.39, 0.29) is 6.61 Å². The SMILES string of the molecule is CCOC(=O)C(CC)C(=O)OCCCCCCCCCl. The van der Waals surface area contributed by atoms with Gasteiger partial charge in [0, 0.05) is 5.88 Å². The van der Waals surface area contributed by atoms with Crippen molar-refractivity contribution in [3.8, 4) is 0 Å². The van der Waals surface area contributed by atoms with Crippen molar-refractivity contribution >= 4 is 23.5 Å². The van der Waals surface area contributed by atoms with E-state index in [1.54, 1.807) is 13.8 Å². The zero-order valence-electron chi connectivity index (χ0n) is 12.7. The van der Waals surface area contributed by atoms with Gasteiger partial charge in [0.05, 0.1) is 13.2 Å². The second kappa shape index (κ2) is 13.2. The highest BCUT2D eigenvalue weighted by atomic mass is 35.5. The molecule has 0 aromatic rings. The van der Waals surface area contributed by atoms with Gasteiger partial charge in [-0.1, -0.05) is 32.6 Å². The number of ether oxygens (including phenoxy) is 2. The summed E-state index contributed by atoms with van der Waals surface area (Å²) in [4.78, 5) is 23.2. The molecule has 0 aliphatic heterocycles. The summed E-state index contributed by atoms with van der Waals surface area (Å²) in [7, 11) is 0. The Labute approximate surface area is 127 Å². The Morgan fingerprint density at radius 2 is 1.45 bits per heavy atom. The maximum absolute atomic E-state index is 11.7. The minimum Gasteiger partial charge on any atom is -0.465 e. The predicted molar refractivity (Wildman–Crippen MR) is 79.8 cm³/mol. The molecule has 0 amide bonds. The van der Waals surface area contributed by atoms with E-state index < -0.39 is 17.9 Å².